The Bertz CT molecular complexity index is 393. The standard InChI is InChI=1S/C8H6BrClN2S2/c9-6-3-5(14-7(6)10)4-12-8-11-1-2-13-8/h1-3H,4H2,(H,11,12). The van der Waals surface area contributed by atoms with Crippen molar-refractivity contribution in [3.8, 4) is 0 Å². The molecule has 6 heteroatoms. The van der Waals surface area contributed by atoms with Crippen molar-refractivity contribution >= 4 is 55.3 Å². The molecular weight excluding hydrogens is 304 g/mol. The van der Waals surface area contributed by atoms with Crippen molar-refractivity contribution in [2.75, 3.05) is 5.32 Å². The number of rotatable bonds is 3. The van der Waals surface area contributed by atoms with Crippen LogP contribution in [0.1, 0.15) is 4.88 Å². The molecule has 74 valence electrons. The third-order valence-electron chi connectivity index (χ3n) is 1.54. The van der Waals surface area contributed by atoms with E-state index in [-0.39, 0.29) is 0 Å². The summed E-state index contributed by atoms with van der Waals surface area (Å²) in [7, 11) is 0. The summed E-state index contributed by atoms with van der Waals surface area (Å²) in [6, 6.07) is 2.02. The molecule has 0 fully saturated rings. The monoisotopic (exact) mass is 308 g/mol. The van der Waals surface area contributed by atoms with Gasteiger partial charge in [-0.3, -0.25) is 0 Å². The van der Waals surface area contributed by atoms with Gasteiger partial charge in [-0.05, 0) is 22.0 Å². The summed E-state index contributed by atoms with van der Waals surface area (Å²) in [5.74, 6) is 0. The highest BCUT2D eigenvalue weighted by molar-refractivity contribution is 9.10. The Morgan fingerprint density at radius 1 is 1.57 bits per heavy atom. The molecule has 2 aromatic heterocycles. The number of halogens is 2. The van der Waals surface area contributed by atoms with Crippen LogP contribution in [-0.4, -0.2) is 4.98 Å². The van der Waals surface area contributed by atoms with Crippen LogP contribution in [0.25, 0.3) is 0 Å². The maximum absolute atomic E-state index is 5.92. The molecule has 0 aromatic carbocycles. The minimum atomic E-state index is 0.767. The van der Waals surface area contributed by atoms with E-state index in [0.717, 1.165) is 20.5 Å². The summed E-state index contributed by atoms with van der Waals surface area (Å²) in [6.45, 7) is 0.767. The van der Waals surface area contributed by atoms with Gasteiger partial charge in [0.1, 0.15) is 4.34 Å². The average molecular weight is 310 g/mol. The highest BCUT2D eigenvalue weighted by Gasteiger charge is 2.04. The van der Waals surface area contributed by atoms with Crippen molar-refractivity contribution in [1.29, 1.82) is 0 Å². The number of nitrogens with zero attached hydrogens (tertiary/aromatic N) is 1. The first-order valence-corrected chi connectivity index (χ1v) is 6.69. The van der Waals surface area contributed by atoms with Crippen molar-refractivity contribution in [1.82, 2.24) is 4.98 Å². The van der Waals surface area contributed by atoms with Gasteiger partial charge in [0.2, 0.25) is 0 Å². The second kappa shape index (κ2) is 4.61. The highest BCUT2D eigenvalue weighted by atomic mass is 79.9. The summed E-state index contributed by atoms with van der Waals surface area (Å²) in [5.41, 5.74) is 0. The van der Waals surface area contributed by atoms with Gasteiger partial charge in [-0.25, -0.2) is 4.98 Å². The zero-order valence-corrected chi connectivity index (χ0v) is 10.9. The van der Waals surface area contributed by atoms with Crippen LogP contribution in [0.15, 0.2) is 22.1 Å². The normalized spacial score (nSPS) is 10.4. The lowest BCUT2D eigenvalue weighted by Crippen LogP contribution is -1.95. The Balaban J connectivity index is 1.98. The van der Waals surface area contributed by atoms with E-state index in [1.807, 2.05) is 11.4 Å². The lowest BCUT2D eigenvalue weighted by Gasteiger charge is -1.97. The Morgan fingerprint density at radius 3 is 3.00 bits per heavy atom. The molecule has 0 atom stereocenters. The van der Waals surface area contributed by atoms with E-state index >= 15 is 0 Å². The van der Waals surface area contributed by atoms with Gasteiger partial charge in [-0.2, -0.15) is 0 Å². The maximum Gasteiger partial charge on any atom is 0.182 e. The zero-order valence-electron chi connectivity index (χ0n) is 6.96. The van der Waals surface area contributed by atoms with Gasteiger partial charge in [0.05, 0.1) is 6.54 Å². The molecule has 0 radical (unpaired) electrons. The molecule has 0 saturated heterocycles. The molecule has 0 aliphatic heterocycles. The molecule has 0 saturated carbocycles. The van der Waals surface area contributed by atoms with E-state index in [1.165, 1.54) is 4.88 Å². The predicted molar refractivity (Wildman–Crippen MR) is 66.5 cm³/mol. The number of anilines is 1. The van der Waals surface area contributed by atoms with Crippen LogP contribution in [-0.2, 0) is 6.54 Å². The molecule has 0 spiro atoms. The summed E-state index contributed by atoms with van der Waals surface area (Å²) in [5, 5.41) is 6.10. The fourth-order valence-electron chi connectivity index (χ4n) is 0.952. The van der Waals surface area contributed by atoms with Crippen LogP contribution in [0.2, 0.25) is 4.34 Å². The number of nitrogens with one attached hydrogen (secondary N) is 1. The van der Waals surface area contributed by atoms with Crippen molar-refractivity contribution < 1.29 is 0 Å². The summed E-state index contributed by atoms with van der Waals surface area (Å²) >= 11 is 12.5. The van der Waals surface area contributed by atoms with Crippen molar-refractivity contribution in [2.24, 2.45) is 0 Å². The highest BCUT2D eigenvalue weighted by Crippen LogP contribution is 2.32. The molecule has 0 aliphatic carbocycles. The topological polar surface area (TPSA) is 24.9 Å². The number of thiophene rings is 1. The maximum atomic E-state index is 5.92. The smallest absolute Gasteiger partial charge is 0.182 e. The minimum absolute atomic E-state index is 0.767. The Hall–Kier alpha value is -0.100. The first-order chi connectivity index (χ1) is 6.75. The Morgan fingerprint density at radius 2 is 2.43 bits per heavy atom. The minimum Gasteiger partial charge on any atom is -0.357 e. The quantitative estimate of drug-likeness (QED) is 0.917. The van der Waals surface area contributed by atoms with Crippen LogP contribution in [0.4, 0.5) is 5.13 Å². The van der Waals surface area contributed by atoms with Crippen LogP contribution in [0, 0.1) is 0 Å². The Kier molecular flexibility index (Phi) is 3.43. The average Bonchev–Trinajstić information content (AvgIpc) is 2.74. The predicted octanol–water partition coefficient (Wildman–Crippen LogP) is 4.23. The zero-order chi connectivity index (χ0) is 9.97. The summed E-state index contributed by atoms with van der Waals surface area (Å²) in [4.78, 5) is 5.32. The fraction of sp³-hybridized carbons (Fsp3) is 0.125. The van der Waals surface area contributed by atoms with Gasteiger partial charge in [-0.1, -0.05) is 11.6 Å². The number of hydrogen-bond donors (Lipinski definition) is 1. The van der Waals surface area contributed by atoms with E-state index in [1.54, 1.807) is 28.9 Å². The van der Waals surface area contributed by atoms with Crippen LogP contribution in [0.5, 0.6) is 0 Å². The van der Waals surface area contributed by atoms with E-state index in [9.17, 15) is 0 Å². The molecule has 2 heterocycles. The van der Waals surface area contributed by atoms with Gasteiger partial charge in [0.15, 0.2) is 5.13 Å². The number of thiazole rings is 1. The molecule has 0 aliphatic rings. The number of hydrogen-bond acceptors (Lipinski definition) is 4. The van der Waals surface area contributed by atoms with Gasteiger partial charge in [0, 0.05) is 20.9 Å². The van der Waals surface area contributed by atoms with Gasteiger partial charge < -0.3 is 5.32 Å². The van der Waals surface area contributed by atoms with E-state index in [0.29, 0.717) is 0 Å². The van der Waals surface area contributed by atoms with Gasteiger partial charge >= 0.3 is 0 Å². The lowest BCUT2D eigenvalue weighted by atomic mass is 10.5. The third-order valence-corrected chi connectivity index (χ3v) is 4.75. The summed E-state index contributed by atoms with van der Waals surface area (Å²) in [6.07, 6.45) is 1.78. The third kappa shape index (κ3) is 2.48. The summed E-state index contributed by atoms with van der Waals surface area (Å²) < 4.78 is 1.75. The second-order valence-electron chi connectivity index (χ2n) is 2.53. The SMILES string of the molecule is Clc1sc(CNc2nccs2)cc1Br. The van der Waals surface area contributed by atoms with E-state index in [4.69, 9.17) is 11.6 Å². The fourth-order valence-corrected chi connectivity index (χ4v) is 3.21. The van der Waals surface area contributed by atoms with Crippen LogP contribution in [0.3, 0.4) is 0 Å². The van der Waals surface area contributed by atoms with Gasteiger partial charge in [0.25, 0.3) is 0 Å². The van der Waals surface area contributed by atoms with E-state index < -0.39 is 0 Å². The lowest BCUT2D eigenvalue weighted by molar-refractivity contribution is 1.17. The first-order valence-electron chi connectivity index (χ1n) is 3.83. The molecule has 2 rings (SSSR count). The largest absolute Gasteiger partial charge is 0.357 e. The first kappa shape index (κ1) is 10.4. The molecule has 0 amide bonds. The van der Waals surface area contributed by atoms with Crippen molar-refractivity contribution in [3.63, 3.8) is 0 Å². The second-order valence-corrected chi connectivity index (χ2v) is 6.01. The van der Waals surface area contributed by atoms with Crippen molar-refractivity contribution in [2.45, 2.75) is 6.54 Å². The molecule has 1 N–H and O–H groups in total. The van der Waals surface area contributed by atoms with Crippen LogP contribution < -0.4 is 5.32 Å². The van der Waals surface area contributed by atoms with Crippen molar-refractivity contribution in [3.05, 3.63) is 31.3 Å². The van der Waals surface area contributed by atoms with Crippen LogP contribution >= 0.6 is 50.2 Å². The molecule has 2 aromatic rings. The van der Waals surface area contributed by atoms with Gasteiger partial charge in [-0.15, -0.1) is 22.7 Å². The molecular formula is C8H6BrClN2S2. The Labute approximate surface area is 103 Å². The molecule has 0 unspecified atom stereocenters. The molecule has 0 bridgehead atoms. The molecule has 2 nitrogen and oxygen atoms in total. The number of aromatic nitrogens is 1. The van der Waals surface area contributed by atoms with E-state index in [2.05, 4.69) is 26.2 Å². The molecule has 14 heavy (non-hydrogen) atoms.